The summed E-state index contributed by atoms with van der Waals surface area (Å²) in [5.74, 6) is -0.412. The molecule has 0 radical (unpaired) electrons. The van der Waals surface area contributed by atoms with Gasteiger partial charge in [0.25, 0.3) is 0 Å². The summed E-state index contributed by atoms with van der Waals surface area (Å²) >= 11 is 0. The first-order valence-corrected chi connectivity index (χ1v) is 5.19. The SMILES string of the molecule is CCOC(=O)c1ccc(N=N/C(C=O)=C/O)cc1. The molecule has 1 N–H and O–H groups in total. The van der Waals surface area contributed by atoms with E-state index in [0.29, 0.717) is 30.4 Å². The third-order valence-electron chi connectivity index (χ3n) is 1.91. The van der Waals surface area contributed by atoms with Gasteiger partial charge in [-0.15, -0.1) is 5.11 Å². The van der Waals surface area contributed by atoms with Crippen LogP contribution in [0.1, 0.15) is 17.3 Å². The Kier molecular flexibility index (Phi) is 5.24. The average molecular weight is 248 g/mol. The summed E-state index contributed by atoms with van der Waals surface area (Å²) in [6, 6.07) is 6.18. The fourth-order valence-corrected chi connectivity index (χ4v) is 1.07. The second-order valence-corrected chi connectivity index (χ2v) is 3.14. The minimum Gasteiger partial charge on any atom is -0.513 e. The van der Waals surface area contributed by atoms with Crippen LogP contribution in [-0.4, -0.2) is 24.0 Å². The van der Waals surface area contributed by atoms with Crippen molar-refractivity contribution in [3.63, 3.8) is 0 Å². The van der Waals surface area contributed by atoms with Crippen LogP contribution in [0.5, 0.6) is 0 Å². The fourth-order valence-electron chi connectivity index (χ4n) is 1.07. The molecule has 0 aromatic heterocycles. The lowest BCUT2D eigenvalue weighted by molar-refractivity contribution is -0.105. The van der Waals surface area contributed by atoms with Crippen molar-refractivity contribution in [2.24, 2.45) is 10.2 Å². The highest BCUT2D eigenvalue weighted by atomic mass is 16.5. The number of azo groups is 1. The lowest BCUT2D eigenvalue weighted by atomic mass is 10.2. The van der Waals surface area contributed by atoms with Crippen molar-refractivity contribution >= 4 is 17.9 Å². The number of ether oxygens (including phenoxy) is 1. The van der Waals surface area contributed by atoms with Crippen LogP contribution >= 0.6 is 0 Å². The summed E-state index contributed by atoms with van der Waals surface area (Å²) in [4.78, 5) is 21.7. The van der Waals surface area contributed by atoms with Crippen LogP contribution in [0.25, 0.3) is 0 Å². The predicted molar refractivity (Wildman–Crippen MR) is 63.7 cm³/mol. The van der Waals surface area contributed by atoms with E-state index in [-0.39, 0.29) is 5.70 Å². The molecule has 0 fully saturated rings. The Bertz CT molecular complexity index is 477. The number of aliphatic hydroxyl groups excluding tert-OH is 1. The molecule has 0 heterocycles. The second kappa shape index (κ2) is 6.95. The minimum absolute atomic E-state index is 0.190. The number of hydrogen-bond acceptors (Lipinski definition) is 6. The van der Waals surface area contributed by atoms with E-state index in [0.717, 1.165) is 0 Å². The van der Waals surface area contributed by atoms with E-state index >= 15 is 0 Å². The Morgan fingerprint density at radius 1 is 1.39 bits per heavy atom. The number of carbonyl (C=O) groups is 2. The number of nitrogens with zero attached hydrogens (tertiary/aromatic N) is 2. The topological polar surface area (TPSA) is 88.3 Å². The monoisotopic (exact) mass is 248 g/mol. The third kappa shape index (κ3) is 3.82. The van der Waals surface area contributed by atoms with E-state index in [1.807, 2.05) is 0 Å². The second-order valence-electron chi connectivity index (χ2n) is 3.14. The third-order valence-corrected chi connectivity index (χ3v) is 1.91. The molecule has 0 saturated heterocycles. The van der Waals surface area contributed by atoms with E-state index in [1.54, 1.807) is 19.1 Å². The maximum Gasteiger partial charge on any atom is 0.338 e. The summed E-state index contributed by atoms with van der Waals surface area (Å²) in [5, 5.41) is 15.8. The molecule has 0 saturated carbocycles. The number of esters is 1. The van der Waals surface area contributed by atoms with Crippen LogP contribution in [-0.2, 0) is 9.53 Å². The minimum atomic E-state index is -0.412. The highest BCUT2D eigenvalue weighted by Gasteiger charge is 2.05. The van der Waals surface area contributed by atoms with Crippen LogP contribution in [0.3, 0.4) is 0 Å². The van der Waals surface area contributed by atoms with Gasteiger partial charge < -0.3 is 9.84 Å². The summed E-state index contributed by atoms with van der Waals surface area (Å²) < 4.78 is 4.82. The van der Waals surface area contributed by atoms with E-state index in [2.05, 4.69) is 10.2 Å². The van der Waals surface area contributed by atoms with Crippen molar-refractivity contribution in [3.8, 4) is 0 Å². The predicted octanol–water partition coefficient (Wildman–Crippen LogP) is 2.55. The van der Waals surface area contributed by atoms with Crippen LogP contribution in [0.2, 0.25) is 0 Å². The quantitative estimate of drug-likeness (QED) is 0.285. The van der Waals surface area contributed by atoms with Gasteiger partial charge in [0.2, 0.25) is 0 Å². The molecule has 0 amide bonds. The van der Waals surface area contributed by atoms with E-state index in [4.69, 9.17) is 9.84 Å². The van der Waals surface area contributed by atoms with Crippen LogP contribution < -0.4 is 0 Å². The van der Waals surface area contributed by atoms with Gasteiger partial charge in [-0.3, -0.25) is 4.79 Å². The molecular formula is C12H12N2O4. The van der Waals surface area contributed by atoms with Crippen molar-refractivity contribution in [2.45, 2.75) is 6.92 Å². The van der Waals surface area contributed by atoms with Crippen LogP contribution in [0.4, 0.5) is 5.69 Å². The molecule has 0 spiro atoms. The molecule has 1 rings (SSSR count). The molecule has 0 aliphatic rings. The summed E-state index contributed by atoms with van der Waals surface area (Å²) in [7, 11) is 0. The largest absolute Gasteiger partial charge is 0.513 e. The van der Waals surface area contributed by atoms with Crippen LogP contribution in [0.15, 0.2) is 46.5 Å². The Balaban J connectivity index is 2.77. The molecule has 1 aromatic carbocycles. The molecule has 0 aliphatic heterocycles. The molecule has 0 bridgehead atoms. The van der Waals surface area contributed by atoms with Crippen molar-refractivity contribution in [2.75, 3.05) is 6.61 Å². The van der Waals surface area contributed by atoms with Crippen molar-refractivity contribution in [3.05, 3.63) is 41.8 Å². The molecular weight excluding hydrogens is 236 g/mol. The first-order chi connectivity index (χ1) is 8.71. The smallest absolute Gasteiger partial charge is 0.338 e. The summed E-state index contributed by atoms with van der Waals surface area (Å²) in [6.07, 6.45) is 0.931. The molecule has 94 valence electrons. The number of benzene rings is 1. The zero-order valence-corrected chi connectivity index (χ0v) is 9.74. The molecule has 6 heteroatoms. The van der Waals surface area contributed by atoms with Gasteiger partial charge in [0.1, 0.15) is 6.26 Å². The molecule has 0 aliphatic carbocycles. The average Bonchev–Trinajstić information content (AvgIpc) is 2.41. The number of allylic oxidation sites excluding steroid dienone is 1. The first-order valence-electron chi connectivity index (χ1n) is 5.19. The molecule has 6 nitrogen and oxygen atoms in total. The summed E-state index contributed by atoms with van der Waals surface area (Å²) in [6.45, 7) is 2.03. The van der Waals surface area contributed by atoms with Gasteiger partial charge in [-0.2, -0.15) is 5.11 Å². The molecule has 0 unspecified atom stereocenters. The van der Waals surface area contributed by atoms with E-state index < -0.39 is 5.97 Å². The molecule has 0 atom stereocenters. The molecule has 18 heavy (non-hydrogen) atoms. The number of hydrogen-bond donors (Lipinski definition) is 1. The zero-order chi connectivity index (χ0) is 13.4. The van der Waals surface area contributed by atoms with E-state index in [1.165, 1.54) is 12.1 Å². The standard InChI is InChI=1S/C12H12N2O4/c1-2-18-12(17)9-3-5-10(6-4-9)13-14-11(7-15)8-16/h3-8,15H,2H2,1H3/b11-7+,14-13?. The first kappa shape index (κ1) is 13.6. The van der Waals surface area contributed by atoms with Gasteiger partial charge in [-0.1, -0.05) is 0 Å². The normalized spacial score (nSPS) is 11.5. The Morgan fingerprint density at radius 3 is 2.56 bits per heavy atom. The Morgan fingerprint density at radius 2 is 2.06 bits per heavy atom. The molecule has 1 aromatic rings. The highest BCUT2D eigenvalue weighted by molar-refractivity contribution is 5.89. The van der Waals surface area contributed by atoms with E-state index in [9.17, 15) is 9.59 Å². The number of rotatable bonds is 5. The number of aliphatic hydroxyl groups is 1. The zero-order valence-electron chi connectivity index (χ0n) is 9.74. The van der Waals surface area contributed by atoms with Gasteiger partial charge >= 0.3 is 5.97 Å². The van der Waals surface area contributed by atoms with Gasteiger partial charge in [-0.05, 0) is 31.2 Å². The van der Waals surface area contributed by atoms with Gasteiger partial charge in [0.15, 0.2) is 12.0 Å². The van der Waals surface area contributed by atoms with Crippen molar-refractivity contribution in [1.82, 2.24) is 0 Å². The lowest BCUT2D eigenvalue weighted by Crippen LogP contribution is -2.03. The maximum atomic E-state index is 11.3. The highest BCUT2D eigenvalue weighted by Crippen LogP contribution is 2.15. The Hall–Kier alpha value is -2.50. The maximum absolute atomic E-state index is 11.3. The summed E-state index contributed by atoms with van der Waals surface area (Å²) in [5.41, 5.74) is 0.665. The lowest BCUT2D eigenvalue weighted by Gasteiger charge is -2.00. The van der Waals surface area contributed by atoms with Gasteiger partial charge in [0, 0.05) is 0 Å². The Labute approximate surface area is 104 Å². The van der Waals surface area contributed by atoms with Crippen LogP contribution in [0, 0.1) is 0 Å². The van der Waals surface area contributed by atoms with Gasteiger partial charge in [-0.25, -0.2) is 4.79 Å². The van der Waals surface area contributed by atoms with Gasteiger partial charge in [0.05, 0.1) is 17.9 Å². The fraction of sp³-hybridized carbons (Fsp3) is 0.167. The number of carbonyl (C=O) groups excluding carboxylic acids is 2. The number of aldehydes is 1. The van der Waals surface area contributed by atoms with Crippen molar-refractivity contribution < 1.29 is 19.4 Å². The van der Waals surface area contributed by atoms with Crippen molar-refractivity contribution in [1.29, 1.82) is 0 Å².